The average molecular weight is 295 g/mol. The Hall–Kier alpha value is -2.11. The summed E-state index contributed by atoms with van der Waals surface area (Å²) in [4.78, 5) is 25.4. The molecule has 1 aliphatic heterocycles. The number of halogens is 1. The van der Waals surface area contributed by atoms with Crippen molar-refractivity contribution in [1.29, 1.82) is 0 Å². The number of aromatic hydroxyl groups is 1. The predicted molar refractivity (Wildman–Crippen MR) is 73.6 cm³/mol. The zero-order chi connectivity index (χ0) is 15.6. The highest BCUT2D eigenvalue weighted by atomic mass is 19.1. The van der Waals surface area contributed by atoms with E-state index in [-0.39, 0.29) is 6.54 Å². The van der Waals surface area contributed by atoms with Crippen LogP contribution in [0.3, 0.4) is 0 Å². The minimum atomic E-state index is -1.31. The van der Waals surface area contributed by atoms with Gasteiger partial charge in [0.15, 0.2) is 0 Å². The Morgan fingerprint density at radius 2 is 2.14 bits per heavy atom. The summed E-state index contributed by atoms with van der Waals surface area (Å²) in [5, 5.41) is 19.3. The summed E-state index contributed by atoms with van der Waals surface area (Å²) in [6, 6.07) is 3.59. The quantitative estimate of drug-likeness (QED) is 0.894. The SMILES string of the molecule is CCCC1(C(=O)O)CCCN1C(=O)c1c(O)cccc1F. The third kappa shape index (κ3) is 2.46. The van der Waals surface area contributed by atoms with E-state index in [1.54, 1.807) is 0 Å². The van der Waals surface area contributed by atoms with Gasteiger partial charge in [0.1, 0.15) is 22.7 Å². The fourth-order valence-electron chi connectivity index (χ4n) is 3.04. The van der Waals surface area contributed by atoms with E-state index in [9.17, 15) is 24.2 Å². The molecule has 1 aromatic rings. The van der Waals surface area contributed by atoms with Crippen molar-refractivity contribution in [3.8, 4) is 5.75 Å². The Kier molecular flexibility index (Phi) is 4.16. The van der Waals surface area contributed by atoms with Gasteiger partial charge in [-0.2, -0.15) is 0 Å². The van der Waals surface area contributed by atoms with Crippen LogP contribution in [0.4, 0.5) is 4.39 Å². The van der Waals surface area contributed by atoms with Crippen molar-refractivity contribution in [2.24, 2.45) is 0 Å². The number of phenols is 1. The van der Waals surface area contributed by atoms with E-state index in [2.05, 4.69) is 0 Å². The maximum absolute atomic E-state index is 13.8. The number of phenolic OH excluding ortho intramolecular Hbond substituents is 1. The summed E-state index contributed by atoms with van der Waals surface area (Å²) >= 11 is 0. The summed E-state index contributed by atoms with van der Waals surface area (Å²) in [5.41, 5.74) is -1.76. The lowest BCUT2D eigenvalue weighted by Crippen LogP contribution is -2.53. The zero-order valence-electron chi connectivity index (χ0n) is 11.8. The molecule has 1 unspecified atom stereocenters. The van der Waals surface area contributed by atoms with Crippen LogP contribution in [-0.2, 0) is 4.79 Å². The number of rotatable bonds is 4. The molecule has 1 amide bonds. The third-order valence-electron chi connectivity index (χ3n) is 4.00. The van der Waals surface area contributed by atoms with Gasteiger partial charge >= 0.3 is 5.97 Å². The van der Waals surface area contributed by atoms with Crippen molar-refractivity contribution in [2.45, 2.75) is 38.1 Å². The summed E-state index contributed by atoms with van der Waals surface area (Å²) in [7, 11) is 0. The van der Waals surface area contributed by atoms with Gasteiger partial charge in [0.25, 0.3) is 5.91 Å². The second-order valence-electron chi connectivity index (χ2n) is 5.28. The number of carbonyl (C=O) groups excluding carboxylic acids is 1. The topological polar surface area (TPSA) is 77.8 Å². The first kappa shape index (κ1) is 15.3. The fourth-order valence-corrected chi connectivity index (χ4v) is 3.04. The number of carboxylic acid groups (broad SMARTS) is 1. The number of carbonyl (C=O) groups is 2. The van der Waals surface area contributed by atoms with E-state index in [4.69, 9.17) is 0 Å². The maximum atomic E-state index is 13.8. The molecule has 1 heterocycles. The van der Waals surface area contributed by atoms with E-state index >= 15 is 0 Å². The van der Waals surface area contributed by atoms with Crippen molar-refractivity contribution in [1.82, 2.24) is 4.90 Å². The molecule has 2 N–H and O–H groups in total. The molecule has 0 bridgehead atoms. The van der Waals surface area contributed by atoms with Crippen LogP contribution in [-0.4, -0.2) is 39.1 Å². The Morgan fingerprint density at radius 3 is 2.71 bits per heavy atom. The van der Waals surface area contributed by atoms with Crippen LogP contribution in [0.25, 0.3) is 0 Å². The van der Waals surface area contributed by atoms with Crippen LogP contribution >= 0.6 is 0 Å². The molecule has 2 rings (SSSR count). The highest BCUT2D eigenvalue weighted by molar-refractivity contribution is 6.00. The van der Waals surface area contributed by atoms with Gasteiger partial charge < -0.3 is 15.1 Å². The fraction of sp³-hybridized carbons (Fsp3) is 0.467. The molecular weight excluding hydrogens is 277 g/mol. The molecule has 6 heteroatoms. The molecule has 1 aromatic carbocycles. The van der Waals surface area contributed by atoms with Crippen molar-refractivity contribution >= 4 is 11.9 Å². The van der Waals surface area contributed by atoms with Gasteiger partial charge in [-0.1, -0.05) is 19.4 Å². The number of nitrogens with zero attached hydrogens (tertiary/aromatic N) is 1. The molecule has 0 spiro atoms. The van der Waals surface area contributed by atoms with Crippen LogP contribution < -0.4 is 0 Å². The van der Waals surface area contributed by atoms with Crippen molar-refractivity contribution in [2.75, 3.05) is 6.54 Å². The summed E-state index contributed by atoms with van der Waals surface area (Å²) in [5.74, 6) is -3.16. The van der Waals surface area contributed by atoms with Crippen LogP contribution in [0.15, 0.2) is 18.2 Å². The highest BCUT2D eigenvalue weighted by Crippen LogP contribution is 2.36. The first-order chi connectivity index (χ1) is 9.94. The van der Waals surface area contributed by atoms with E-state index in [1.165, 1.54) is 17.0 Å². The highest BCUT2D eigenvalue weighted by Gasteiger charge is 2.49. The minimum absolute atomic E-state index is 0.249. The van der Waals surface area contributed by atoms with Crippen molar-refractivity contribution in [3.05, 3.63) is 29.6 Å². The van der Waals surface area contributed by atoms with Crippen molar-refractivity contribution < 1.29 is 24.2 Å². The van der Waals surface area contributed by atoms with E-state index in [0.29, 0.717) is 25.7 Å². The smallest absolute Gasteiger partial charge is 0.329 e. The summed E-state index contributed by atoms with van der Waals surface area (Å²) < 4.78 is 13.8. The van der Waals surface area contributed by atoms with Gasteiger partial charge in [-0.3, -0.25) is 4.79 Å². The second-order valence-corrected chi connectivity index (χ2v) is 5.28. The van der Waals surface area contributed by atoms with Gasteiger partial charge in [0, 0.05) is 6.54 Å². The number of hydrogen-bond acceptors (Lipinski definition) is 3. The third-order valence-corrected chi connectivity index (χ3v) is 4.00. The Morgan fingerprint density at radius 1 is 1.43 bits per heavy atom. The van der Waals surface area contributed by atoms with Crippen LogP contribution in [0.1, 0.15) is 43.0 Å². The van der Waals surface area contributed by atoms with E-state index in [0.717, 1.165) is 6.07 Å². The van der Waals surface area contributed by atoms with E-state index < -0.39 is 34.5 Å². The Balaban J connectivity index is 2.44. The molecule has 114 valence electrons. The molecular formula is C15H18FNO4. The van der Waals surface area contributed by atoms with Crippen LogP contribution in [0.2, 0.25) is 0 Å². The number of hydrogen-bond donors (Lipinski definition) is 2. The molecule has 0 aliphatic carbocycles. The molecule has 1 atom stereocenters. The standard InChI is InChI=1S/C15H18FNO4/c1-2-7-15(14(20)21)8-4-9-17(15)13(19)12-10(16)5-3-6-11(12)18/h3,5-6,18H,2,4,7-9H2,1H3,(H,20,21). The lowest BCUT2D eigenvalue weighted by atomic mass is 9.90. The molecule has 1 aliphatic rings. The number of aliphatic carboxylic acids is 1. The second kappa shape index (κ2) is 5.71. The monoisotopic (exact) mass is 295 g/mol. The van der Waals surface area contributed by atoms with Gasteiger partial charge in [-0.25, -0.2) is 9.18 Å². The number of carboxylic acids is 1. The van der Waals surface area contributed by atoms with Crippen LogP contribution in [0, 0.1) is 5.82 Å². The first-order valence-corrected chi connectivity index (χ1v) is 6.97. The number of likely N-dealkylation sites (tertiary alicyclic amines) is 1. The van der Waals surface area contributed by atoms with Crippen molar-refractivity contribution in [3.63, 3.8) is 0 Å². The molecule has 0 saturated carbocycles. The Bertz CT molecular complexity index is 555. The molecule has 5 nitrogen and oxygen atoms in total. The van der Waals surface area contributed by atoms with E-state index in [1.807, 2.05) is 6.92 Å². The lowest BCUT2D eigenvalue weighted by molar-refractivity contribution is -0.148. The molecule has 0 radical (unpaired) electrons. The van der Waals surface area contributed by atoms with Gasteiger partial charge in [-0.15, -0.1) is 0 Å². The van der Waals surface area contributed by atoms with Gasteiger partial charge in [-0.05, 0) is 31.4 Å². The average Bonchev–Trinajstić information content (AvgIpc) is 2.84. The summed E-state index contributed by atoms with van der Waals surface area (Å²) in [6.07, 6.45) is 1.80. The van der Waals surface area contributed by atoms with Gasteiger partial charge in [0.05, 0.1) is 0 Å². The van der Waals surface area contributed by atoms with Gasteiger partial charge in [0.2, 0.25) is 0 Å². The summed E-state index contributed by atoms with van der Waals surface area (Å²) in [6.45, 7) is 2.09. The molecule has 0 aromatic heterocycles. The lowest BCUT2D eigenvalue weighted by Gasteiger charge is -2.34. The molecule has 1 fully saturated rings. The normalized spacial score (nSPS) is 21.5. The predicted octanol–water partition coefficient (Wildman–Crippen LogP) is 2.39. The Labute approximate surface area is 122 Å². The first-order valence-electron chi connectivity index (χ1n) is 6.97. The minimum Gasteiger partial charge on any atom is -0.507 e. The number of benzene rings is 1. The molecule has 21 heavy (non-hydrogen) atoms. The zero-order valence-corrected chi connectivity index (χ0v) is 11.8. The number of amides is 1. The molecule has 1 saturated heterocycles. The largest absolute Gasteiger partial charge is 0.507 e. The van der Waals surface area contributed by atoms with Crippen LogP contribution in [0.5, 0.6) is 5.75 Å². The maximum Gasteiger partial charge on any atom is 0.329 e.